The number of carbonyl (C=O) groups excluding carboxylic acids is 2. The van der Waals surface area contributed by atoms with Gasteiger partial charge in [0, 0.05) is 37.6 Å². The van der Waals surface area contributed by atoms with E-state index in [9.17, 15) is 9.59 Å². The maximum atomic E-state index is 12.6. The summed E-state index contributed by atoms with van der Waals surface area (Å²) in [6.45, 7) is 1.32. The number of fused-ring (bicyclic) bond motifs is 3. The second-order valence-electron chi connectivity index (χ2n) is 7.20. The molecule has 28 heavy (non-hydrogen) atoms. The average Bonchev–Trinajstić information content (AvgIpc) is 3.30. The van der Waals surface area contributed by atoms with Crippen LogP contribution in [0.25, 0.3) is 6.08 Å². The van der Waals surface area contributed by atoms with E-state index in [1.165, 1.54) is 0 Å². The molecule has 0 unspecified atom stereocenters. The summed E-state index contributed by atoms with van der Waals surface area (Å²) in [5.74, 6) is 1.09. The molecule has 5 rings (SSSR count). The predicted octanol–water partition coefficient (Wildman–Crippen LogP) is 3.12. The third kappa shape index (κ3) is 2.72. The van der Waals surface area contributed by atoms with Gasteiger partial charge in [0.2, 0.25) is 12.7 Å². The van der Waals surface area contributed by atoms with Gasteiger partial charge in [-0.05, 0) is 29.8 Å². The third-order valence-electron chi connectivity index (χ3n) is 5.62. The fourth-order valence-corrected chi connectivity index (χ4v) is 4.10. The first kappa shape index (κ1) is 16.9. The van der Waals surface area contributed by atoms with E-state index in [-0.39, 0.29) is 18.7 Å². The molecule has 2 aromatic carbocycles. The highest BCUT2D eigenvalue weighted by Crippen LogP contribution is 2.44. The second-order valence-corrected chi connectivity index (χ2v) is 7.20. The standard InChI is InChI=1S/C22H19NO5/c24-20(8-6-15-5-7-18-19(13-15)27-14-26-18)23-11-9-22(10-12-23)17-4-2-1-3-16(17)21(25)28-22/h1-8,13H,9-12,14H2/b8-6+. The lowest BCUT2D eigenvalue weighted by molar-refractivity contribution is -0.130. The van der Waals surface area contributed by atoms with Crippen molar-refractivity contribution in [3.05, 3.63) is 65.2 Å². The number of rotatable bonds is 2. The number of nitrogens with zero attached hydrogens (tertiary/aromatic N) is 1. The second kappa shape index (κ2) is 6.41. The van der Waals surface area contributed by atoms with E-state index >= 15 is 0 Å². The van der Waals surface area contributed by atoms with Gasteiger partial charge in [-0.25, -0.2) is 4.79 Å². The first-order valence-electron chi connectivity index (χ1n) is 9.34. The Labute approximate surface area is 162 Å². The lowest BCUT2D eigenvalue weighted by Crippen LogP contribution is -2.44. The quantitative estimate of drug-likeness (QED) is 0.594. The molecule has 1 saturated heterocycles. The van der Waals surface area contributed by atoms with Gasteiger partial charge in [-0.2, -0.15) is 0 Å². The Morgan fingerprint density at radius 1 is 1.04 bits per heavy atom. The van der Waals surface area contributed by atoms with Crippen molar-refractivity contribution in [2.45, 2.75) is 18.4 Å². The van der Waals surface area contributed by atoms with Crippen LogP contribution >= 0.6 is 0 Å². The Morgan fingerprint density at radius 2 is 1.82 bits per heavy atom. The van der Waals surface area contributed by atoms with E-state index in [0.717, 1.165) is 16.9 Å². The number of benzene rings is 2. The minimum atomic E-state index is -0.592. The molecule has 0 bridgehead atoms. The van der Waals surface area contributed by atoms with Gasteiger partial charge in [-0.1, -0.05) is 24.3 Å². The Morgan fingerprint density at radius 3 is 2.68 bits per heavy atom. The number of hydrogen-bond acceptors (Lipinski definition) is 5. The Bertz CT molecular complexity index is 988. The molecule has 0 saturated carbocycles. The first-order valence-corrected chi connectivity index (χ1v) is 9.34. The van der Waals surface area contributed by atoms with E-state index in [1.807, 2.05) is 36.4 Å². The van der Waals surface area contributed by atoms with Crippen molar-refractivity contribution in [2.24, 2.45) is 0 Å². The van der Waals surface area contributed by atoms with Gasteiger partial charge < -0.3 is 19.1 Å². The first-order chi connectivity index (χ1) is 13.6. The molecule has 0 aliphatic carbocycles. The lowest BCUT2D eigenvalue weighted by Gasteiger charge is -2.38. The Balaban J connectivity index is 1.26. The summed E-state index contributed by atoms with van der Waals surface area (Å²) < 4.78 is 16.4. The molecule has 142 valence electrons. The van der Waals surface area contributed by atoms with Crippen molar-refractivity contribution in [1.82, 2.24) is 4.90 Å². The zero-order chi connectivity index (χ0) is 19.1. The zero-order valence-electron chi connectivity index (χ0n) is 15.2. The number of carbonyl (C=O) groups is 2. The van der Waals surface area contributed by atoms with Crippen LogP contribution in [0.4, 0.5) is 0 Å². The number of esters is 1. The molecular formula is C22H19NO5. The summed E-state index contributed by atoms with van der Waals surface area (Å²) in [4.78, 5) is 26.6. The van der Waals surface area contributed by atoms with Crippen LogP contribution in [-0.4, -0.2) is 36.7 Å². The summed E-state index contributed by atoms with van der Waals surface area (Å²) in [7, 11) is 0. The molecule has 6 nitrogen and oxygen atoms in total. The van der Waals surface area contributed by atoms with Gasteiger partial charge in [0.05, 0.1) is 5.56 Å². The molecule has 3 aliphatic heterocycles. The normalized spacial score (nSPS) is 19.1. The van der Waals surface area contributed by atoms with Crippen molar-refractivity contribution < 1.29 is 23.8 Å². The molecule has 6 heteroatoms. The van der Waals surface area contributed by atoms with Crippen LogP contribution in [0.5, 0.6) is 11.5 Å². The number of amides is 1. The maximum Gasteiger partial charge on any atom is 0.339 e. The fraction of sp³-hybridized carbons (Fsp3) is 0.273. The topological polar surface area (TPSA) is 65.1 Å². The van der Waals surface area contributed by atoms with Crippen molar-refractivity contribution >= 4 is 18.0 Å². The molecule has 0 radical (unpaired) electrons. The van der Waals surface area contributed by atoms with Crippen molar-refractivity contribution in [3.8, 4) is 11.5 Å². The van der Waals surface area contributed by atoms with Crippen LogP contribution in [-0.2, 0) is 15.1 Å². The van der Waals surface area contributed by atoms with Crippen molar-refractivity contribution in [2.75, 3.05) is 19.9 Å². The molecule has 3 heterocycles. The maximum absolute atomic E-state index is 12.6. The lowest BCUT2D eigenvalue weighted by atomic mass is 9.84. The van der Waals surface area contributed by atoms with E-state index in [0.29, 0.717) is 37.2 Å². The number of piperidine rings is 1. The Hall–Kier alpha value is -3.28. The monoisotopic (exact) mass is 377 g/mol. The highest BCUT2D eigenvalue weighted by molar-refractivity contribution is 5.95. The van der Waals surface area contributed by atoms with Gasteiger partial charge in [-0.3, -0.25) is 4.79 Å². The van der Waals surface area contributed by atoms with Crippen LogP contribution in [0.3, 0.4) is 0 Å². The minimum Gasteiger partial charge on any atom is -0.454 e. The summed E-state index contributed by atoms with van der Waals surface area (Å²) in [6, 6.07) is 13.1. The summed E-state index contributed by atoms with van der Waals surface area (Å²) in [5, 5.41) is 0. The third-order valence-corrected chi connectivity index (χ3v) is 5.62. The zero-order valence-corrected chi connectivity index (χ0v) is 15.2. The fourth-order valence-electron chi connectivity index (χ4n) is 4.10. The van der Waals surface area contributed by atoms with Crippen LogP contribution < -0.4 is 9.47 Å². The summed E-state index contributed by atoms with van der Waals surface area (Å²) in [6.07, 6.45) is 4.57. The van der Waals surface area contributed by atoms with Gasteiger partial charge in [0.25, 0.3) is 0 Å². The summed E-state index contributed by atoms with van der Waals surface area (Å²) >= 11 is 0. The molecule has 2 aromatic rings. The van der Waals surface area contributed by atoms with E-state index in [1.54, 1.807) is 23.1 Å². The molecule has 0 aromatic heterocycles. The largest absolute Gasteiger partial charge is 0.454 e. The smallest absolute Gasteiger partial charge is 0.339 e. The van der Waals surface area contributed by atoms with Crippen LogP contribution in [0.2, 0.25) is 0 Å². The Kier molecular flexibility index (Phi) is 3.86. The van der Waals surface area contributed by atoms with E-state index in [4.69, 9.17) is 14.2 Å². The van der Waals surface area contributed by atoms with Gasteiger partial charge in [0.1, 0.15) is 5.60 Å². The average molecular weight is 377 g/mol. The van der Waals surface area contributed by atoms with Gasteiger partial charge >= 0.3 is 5.97 Å². The molecule has 1 amide bonds. The van der Waals surface area contributed by atoms with E-state index in [2.05, 4.69) is 0 Å². The molecule has 0 atom stereocenters. The minimum absolute atomic E-state index is 0.0508. The number of likely N-dealkylation sites (tertiary alicyclic amines) is 1. The van der Waals surface area contributed by atoms with Crippen LogP contribution in [0, 0.1) is 0 Å². The number of ether oxygens (including phenoxy) is 3. The van der Waals surface area contributed by atoms with Crippen molar-refractivity contribution in [3.63, 3.8) is 0 Å². The number of hydrogen-bond donors (Lipinski definition) is 0. The van der Waals surface area contributed by atoms with E-state index < -0.39 is 5.60 Å². The molecule has 3 aliphatic rings. The van der Waals surface area contributed by atoms with Crippen molar-refractivity contribution in [1.29, 1.82) is 0 Å². The molecule has 1 spiro atoms. The highest BCUT2D eigenvalue weighted by Gasteiger charge is 2.47. The van der Waals surface area contributed by atoms with Crippen LogP contribution in [0.15, 0.2) is 48.5 Å². The molecule has 1 fully saturated rings. The van der Waals surface area contributed by atoms with Gasteiger partial charge in [0.15, 0.2) is 11.5 Å². The summed E-state index contributed by atoms with van der Waals surface area (Å²) in [5.41, 5.74) is 1.88. The van der Waals surface area contributed by atoms with Crippen LogP contribution in [0.1, 0.15) is 34.3 Å². The predicted molar refractivity (Wildman–Crippen MR) is 101 cm³/mol. The highest BCUT2D eigenvalue weighted by atomic mass is 16.7. The molecular weight excluding hydrogens is 358 g/mol. The SMILES string of the molecule is O=C1OC2(CCN(C(=O)/C=C/c3ccc4c(c3)OCO4)CC2)c2ccccc21. The molecule has 0 N–H and O–H groups in total. The van der Waals surface area contributed by atoms with Gasteiger partial charge in [-0.15, -0.1) is 0 Å².